The van der Waals surface area contributed by atoms with Crippen LogP contribution >= 0.6 is 27.5 Å². The van der Waals surface area contributed by atoms with E-state index in [0.29, 0.717) is 24.0 Å². The monoisotopic (exact) mass is 532 g/mol. The SMILES string of the molecule is CC1CCc2ncnc(N3CC4(CCN(C(=O)OC(C)(C)C)CC4)c4c3ccc(Cl)c4Br)c21. The van der Waals surface area contributed by atoms with Crippen molar-refractivity contribution in [1.29, 1.82) is 0 Å². The summed E-state index contributed by atoms with van der Waals surface area (Å²) in [5.41, 5.74) is 4.22. The first-order chi connectivity index (χ1) is 15.6. The lowest BCUT2D eigenvalue weighted by Gasteiger charge is -2.40. The molecule has 0 bridgehead atoms. The van der Waals surface area contributed by atoms with E-state index in [4.69, 9.17) is 21.3 Å². The second-order valence-corrected chi connectivity index (χ2v) is 11.8. The number of carbonyl (C=O) groups excluding carboxylic acids is 1. The molecule has 1 fully saturated rings. The van der Waals surface area contributed by atoms with E-state index in [-0.39, 0.29) is 11.5 Å². The number of hydrogen-bond acceptors (Lipinski definition) is 5. The molecule has 3 heterocycles. The van der Waals surface area contributed by atoms with Crippen molar-refractivity contribution < 1.29 is 9.53 Å². The Balaban J connectivity index is 1.50. The van der Waals surface area contributed by atoms with Crippen LogP contribution in [0.25, 0.3) is 0 Å². The molecule has 1 atom stereocenters. The Morgan fingerprint density at radius 3 is 2.67 bits per heavy atom. The van der Waals surface area contributed by atoms with E-state index in [1.807, 2.05) is 31.7 Å². The molecule has 1 amide bonds. The third-order valence-electron chi connectivity index (χ3n) is 7.24. The Morgan fingerprint density at radius 1 is 1.24 bits per heavy atom. The molecule has 1 spiro atoms. The van der Waals surface area contributed by atoms with Crippen molar-refractivity contribution in [3.8, 4) is 0 Å². The number of rotatable bonds is 1. The van der Waals surface area contributed by atoms with Gasteiger partial charge >= 0.3 is 6.09 Å². The third-order valence-corrected chi connectivity index (χ3v) is 8.60. The lowest BCUT2D eigenvalue weighted by molar-refractivity contribution is 0.0170. The average Bonchev–Trinajstić information content (AvgIpc) is 3.29. The summed E-state index contributed by atoms with van der Waals surface area (Å²) >= 11 is 10.4. The zero-order chi connectivity index (χ0) is 23.5. The topological polar surface area (TPSA) is 58.6 Å². The summed E-state index contributed by atoms with van der Waals surface area (Å²) in [7, 11) is 0. The number of ether oxygens (including phenoxy) is 1. The molecule has 0 saturated carbocycles. The van der Waals surface area contributed by atoms with Crippen LogP contribution in [0.2, 0.25) is 5.02 Å². The maximum atomic E-state index is 12.7. The van der Waals surface area contributed by atoms with E-state index in [2.05, 4.69) is 38.8 Å². The molecule has 33 heavy (non-hydrogen) atoms. The zero-order valence-corrected chi connectivity index (χ0v) is 22.0. The quantitative estimate of drug-likeness (QED) is 0.427. The summed E-state index contributed by atoms with van der Waals surface area (Å²) < 4.78 is 6.57. The summed E-state index contributed by atoms with van der Waals surface area (Å²) in [5.74, 6) is 1.47. The van der Waals surface area contributed by atoms with E-state index in [1.54, 1.807) is 6.33 Å². The number of aryl methyl sites for hydroxylation is 1. The number of anilines is 2. The van der Waals surface area contributed by atoms with Gasteiger partial charge < -0.3 is 14.5 Å². The molecule has 0 radical (unpaired) electrons. The van der Waals surface area contributed by atoms with Gasteiger partial charge in [0.1, 0.15) is 17.7 Å². The molecule has 1 aromatic heterocycles. The van der Waals surface area contributed by atoms with Crippen LogP contribution in [0.1, 0.15) is 69.7 Å². The van der Waals surface area contributed by atoms with Crippen LogP contribution in [0, 0.1) is 0 Å². The number of nitrogens with zero attached hydrogens (tertiary/aromatic N) is 4. The summed E-state index contributed by atoms with van der Waals surface area (Å²) in [6.07, 6.45) is 5.27. The molecule has 2 aliphatic heterocycles. The van der Waals surface area contributed by atoms with Crippen LogP contribution in [0.15, 0.2) is 22.9 Å². The molecule has 1 aromatic carbocycles. The first-order valence-corrected chi connectivity index (χ1v) is 12.8. The Hall–Kier alpha value is -1.86. The van der Waals surface area contributed by atoms with Crippen molar-refractivity contribution in [2.75, 3.05) is 24.5 Å². The van der Waals surface area contributed by atoms with Gasteiger partial charge in [0, 0.05) is 46.5 Å². The van der Waals surface area contributed by atoms with E-state index < -0.39 is 5.60 Å². The predicted octanol–water partition coefficient (Wildman–Crippen LogP) is 6.36. The number of piperidine rings is 1. The van der Waals surface area contributed by atoms with E-state index in [1.165, 1.54) is 16.8 Å². The number of benzene rings is 1. The minimum Gasteiger partial charge on any atom is -0.444 e. The van der Waals surface area contributed by atoms with Crippen LogP contribution in [-0.2, 0) is 16.6 Å². The van der Waals surface area contributed by atoms with Crippen molar-refractivity contribution in [1.82, 2.24) is 14.9 Å². The fraction of sp³-hybridized carbons (Fsp3) is 0.560. The Morgan fingerprint density at radius 2 is 1.97 bits per heavy atom. The van der Waals surface area contributed by atoms with Crippen molar-refractivity contribution in [2.24, 2.45) is 0 Å². The van der Waals surface area contributed by atoms with Crippen molar-refractivity contribution in [2.45, 2.75) is 70.3 Å². The lowest BCUT2D eigenvalue weighted by atomic mass is 9.74. The minimum absolute atomic E-state index is 0.114. The predicted molar refractivity (Wildman–Crippen MR) is 134 cm³/mol. The molecule has 5 rings (SSSR count). The van der Waals surface area contributed by atoms with E-state index in [9.17, 15) is 4.79 Å². The zero-order valence-electron chi connectivity index (χ0n) is 19.6. The van der Waals surface area contributed by atoms with Gasteiger partial charge in [-0.15, -0.1) is 0 Å². The van der Waals surface area contributed by atoms with Gasteiger partial charge in [0.25, 0.3) is 0 Å². The minimum atomic E-state index is -0.496. The van der Waals surface area contributed by atoms with Gasteiger partial charge in [-0.05, 0) is 86.0 Å². The van der Waals surface area contributed by atoms with Crippen LogP contribution < -0.4 is 4.90 Å². The molecule has 176 valence electrons. The van der Waals surface area contributed by atoms with Gasteiger partial charge in [-0.1, -0.05) is 18.5 Å². The number of amides is 1. The Labute approximate surface area is 208 Å². The number of fused-ring (bicyclic) bond motifs is 3. The molecule has 8 heteroatoms. The van der Waals surface area contributed by atoms with Crippen LogP contribution in [0.3, 0.4) is 0 Å². The van der Waals surface area contributed by atoms with Gasteiger partial charge in [0.15, 0.2) is 0 Å². The molecular formula is C25H30BrClN4O2. The smallest absolute Gasteiger partial charge is 0.410 e. The second-order valence-electron chi connectivity index (χ2n) is 10.6. The van der Waals surface area contributed by atoms with Gasteiger partial charge in [-0.25, -0.2) is 14.8 Å². The molecular weight excluding hydrogens is 504 g/mol. The highest BCUT2D eigenvalue weighted by molar-refractivity contribution is 9.10. The van der Waals surface area contributed by atoms with Crippen LogP contribution in [0.4, 0.5) is 16.3 Å². The first-order valence-electron chi connectivity index (χ1n) is 11.7. The standard InChI is InChI=1S/C25H30BrClN4O2/c1-15-5-7-17-19(15)22(29-14-28-17)31-13-25(20-18(31)8-6-16(27)21(20)26)9-11-30(12-10-25)23(32)33-24(2,3)4/h6,8,14-15H,5,7,9-13H2,1-4H3. The summed E-state index contributed by atoms with van der Waals surface area (Å²) in [4.78, 5) is 26.2. The Kier molecular flexibility index (Phi) is 5.64. The fourth-order valence-electron chi connectivity index (χ4n) is 5.62. The average molecular weight is 534 g/mol. The maximum absolute atomic E-state index is 12.7. The number of carbonyl (C=O) groups is 1. The number of hydrogen-bond donors (Lipinski definition) is 0. The lowest BCUT2D eigenvalue weighted by Crippen LogP contribution is -2.48. The van der Waals surface area contributed by atoms with Gasteiger partial charge in [-0.3, -0.25) is 0 Å². The van der Waals surface area contributed by atoms with Gasteiger partial charge in [-0.2, -0.15) is 0 Å². The molecule has 3 aliphatic rings. The molecule has 1 saturated heterocycles. The molecule has 1 aliphatic carbocycles. The summed E-state index contributed by atoms with van der Waals surface area (Å²) in [6, 6.07) is 4.07. The molecule has 2 aromatic rings. The van der Waals surface area contributed by atoms with Gasteiger partial charge in [0.2, 0.25) is 0 Å². The molecule has 1 unspecified atom stereocenters. The van der Waals surface area contributed by atoms with Crippen molar-refractivity contribution >= 4 is 45.1 Å². The van der Waals surface area contributed by atoms with Crippen molar-refractivity contribution in [3.63, 3.8) is 0 Å². The summed E-state index contributed by atoms with van der Waals surface area (Å²) in [5, 5.41) is 0.714. The highest BCUT2D eigenvalue weighted by Crippen LogP contribution is 2.54. The van der Waals surface area contributed by atoms with E-state index >= 15 is 0 Å². The van der Waals surface area contributed by atoms with Crippen LogP contribution in [0.5, 0.6) is 0 Å². The Bertz CT molecular complexity index is 1110. The van der Waals surface area contributed by atoms with E-state index in [0.717, 1.165) is 48.2 Å². The molecule has 0 N–H and O–H groups in total. The fourth-order valence-corrected chi connectivity index (χ4v) is 6.53. The van der Waals surface area contributed by atoms with Crippen molar-refractivity contribution in [3.05, 3.63) is 44.8 Å². The third kappa shape index (κ3) is 3.91. The number of aromatic nitrogens is 2. The number of likely N-dealkylation sites (tertiary alicyclic amines) is 1. The van der Waals surface area contributed by atoms with Gasteiger partial charge in [0.05, 0.1) is 5.02 Å². The number of halogens is 2. The maximum Gasteiger partial charge on any atom is 0.410 e. The second kappa shape index (κ2) is 8.12. The van der Waals surface area contributed by atoms with Crippen LogP contribution in [-0.4, -0.2) is 46.2 Å². The largest absolute Gasteiger partial charge is 0.444 e. The highest BCUT2D eigenvalue weighted by Gasteiger charge is 2.48. The molecule has 6 nitrogen and oxygen atoms in total. The first kappa shape index (κ1) is 22.9. The normalized spacial score (nSPS) is 21.3. The summed E-state index contributed by atoms with van der Waals surface area (Å²) in [6.45, 7) is 10.1. The highest BCUT2D eigenvalue weighted by atomic mass is 79.9.